The van der Waals surface area contributed by atoms with Crippen LogP contribution in [0.3, 0.4) is 0 Å². The van der Waals surface area contributed by atoms with Gasteiger partial charge in [0.15, 0.2) is 0 Å². The van der Waals surface area contributed by atoms with Crippen molar-refractivity contribution in [2.75, 3.05) is 7.11 Å². The minimum Gasteiger partial charge on any atom is -0.496 e. The number of fused-ring (bicyclic) bond motifs is 1. The lowest BCUT2D eigenvalue weighted by molar-refractivity contribution is 0.0147. The Bertz CT molecular complexity index is 831. The molecule has 0 unspecified atom stereocenters. The first-order chi connectivity index (χ1) is 12.2. The second-order valence-corrected chi connectivity index (χ2v) is 7.86. The summed E-state index contributed by atoms with van der Waals surface area (Å²) in [5.74, 6) is 0.934. The van der Waals surface area contributed by atoms with E-state index >= 15 is 0 Å². The average molecular weight is 353 g/mol. The molecule has 1 aliphatic rings. The maximum Gasteiger partial charge on any atom is 0.405 e. The SMILES string of the molecule is COc1c(C)cc(-c2ccc3c(c2)CCC(C)(C)[C@H]3OC(N)=O)cc1C. The third kappa shape index (κ3) is 3.28. The highest BCUT2D eigenvalue weighted by molar-refractivity contribution is 5.69. The van der Waals surface area contributed by atoms with Crippen LogP contribution in [0, 0.1) is 19.3 Å². The van der Waals surface area contributed by atoms with Crippen molar-refractivity contribution in [2.24, 2.45) is 11.1 Å². The van der Waals surface area contributed by atoms with Crippen LogP contribution in [0.1, 0.15) is 48.6 Å². The molecule has 3 rings (SSSR count). The van der Waals surface area contributed by atoms with Gasteiger partial charge >= 0.3 is 6.09 Å². The van der Waals surface area contributed by atoms with Gasteiger partial charge in [0.05, 0.1) is 7.11 Å². The van der Waals surface area contributed by atoms with Crippen molar-refractivity contribution < 1.29 is 14.3 Å². The standard InChI is InChI=1S/C22H27NO3/c1-13-10-17(11-14(2)19(13)25-5)15-6-7-18-16(12-15)8-9-22(3,4)20(18)26-21(23)24/h6-7,10-12,20H,8-9H2,1-5H3,(H2,23,24)/t20-/m0/s1. The van der Waals surface area contributed by atoms with Gasteiger partial charge in [-0.05, 0) is 72.2 Å². The highest BCUT2D eigenvalue weighted by Gasteiger charge is 2.38. The number of amides is 1. The van der Waals surface area contributed by atoms with Crippen LogP contribution in [0.25, 0.3) is 11.1 Å². The van der Waals surface area contributed by atoms with Crippen LogP contribution in [-0.2, 0) is 11.2 Å². The number of nitrogens with two attached hydrogens (primary N) is 1. The lowest BCUT2D eigenvalue weighted by atomic mass is 9.71. The normalized spacial score (nSPS) is 18.1. The van der Waals surface area contributed by atoms with Gasteiger partial charge < -0.3 is 15.2 Å². The lowest BCUT2D eigenvalue weighted by Crippen LogP contribution is -2.33. The summed E-state index contributed by atoms with van der Waals surface area (Å²) in [6.45, 7) is 8.36. The van der Waals surface area contributed by atoms with Gasteiger partial charge in [-0.25, -0.2) is 4.79 Å². The number of ether oxygens (including phenoxy) is 2. The average Bonchev–Trinajstić information content (AvgIpc) is 2.56. The molecule has 26 heavy (non-hydrogen) atoms. The summed E-state index contributed by atoms with van der Waals surface area (Å²) in [5.41, 5.74) is 12.0. The molecule has 0 saturated carbocycles. The Balaban J connectivity index is 2.03. The van der Waals surface area contributed by atoms with Crippen molar-refractivity contribution in [2.45, 2.75) is 46.6 Å². The quantitative estimate of drug-likeness (QED) is 0.836. The second-order valence-electron chi connectivity index (χ2n) is 7.86. The Labute approximate surface area is 155 Å². The molecule has 0 bridgehead atoms. The molecule has 0 heterocycles. The molecule has 0 saturated heterocycles. The molecule has 2 aromatic carbocycles. The summed E-state index contributed by atoms with van der Waals surface area (Å²) in [6, 6.07) is 10.7. The number of carbonyl (C=O) groups excluding carboxylic acids is 1. The molecule has 0 aliphatic heterocycles. The van der Waals surface area contributed by atoms with Gasteiger partial charge in [-0.1, -0.05) is 32.0 Å². The molecule has 0 radical (unpaired) electrons. The van der Waals surface area contributed by atoms with Crippen LogP contribution in [0.5, 0.6) is 5.75 Å². The van der Waals surface area contributed by atoms with Crippen LogP contribution < -0.4 is 10.5 Å². The summed E-state index contributed by atoms with van der Waals surface area (Å²) < 4.78 is 10.9. The number of hydrogen-bond acceptors (Lipinski definition) is 3. The van der Waals surface area contributed by atoms with Crippen LogP contribution in [0.15, 0.2) is 30.3 Å². The Kier molecular flexibility index (Phi) is 4.70. The minimum absolute atomic E-state index is 0.128. The first kappa shape index (κ1) is 18.3. The minimum atomic E-state index is -0.721. The highest BCUT2D eigenvalue weighted by Crippen LogP contribution is 2.46. The molecule has 1 atom stereocenters. The molecular weight excluding hydrogens is 326 g/mol. The third-order valence-electron chi connectivity index (χ3n) is 5.41. The number of primary amides is 1. The van der Waals surface area contributed by atoms with Crippen LogP contribution in [0.4, 0.5) is 4.79 Å². The van der Waals surface area contributed by atoms with Crippen molar-refractivity contribution in [3.8, 4) is 16.9 Å². The molecule has 138 valence electrons. The Hall–Kier alpha value is -2.49. The zero-order valence-corrected chi connectivity index (χ0v) is 16.2. The zero-order chi connectivity index (χ0) is 19.1. The van der Waals surface area contributed by atoms with E-state index in [9.17, 15) is 4.79 Å². The van der Waals surface area contributed by atoms with E-state index in [4.69, 9.17) is 15.2 Å². The van der Waals surface area contributed by atoms with E-state index in [0.29, 0.717) is 0 Å². The van der Waals surface area contributed by atoms with Gasteiger partial charge in [-0.2, -0.15) is 0 Å². The van der Waals surface area contributed by atoms with E-state index in [1.54, 1.807) is 7.11 Å². The van der Waals surface area contributed by atoms with Gasteiger partial charge in [0.1, 0.15) is 11.9 Å². The Morgan fingerprint density at radius 1 is 1.12 bits per heavy atom. The zero-order valence-electron chi connectivity index (χ0n) is 16.2. The number of rotatable bonds is 3. The molecule has 0 fully saturated rings. The predicted octanol–water partition coefficient (Wildman–Crippen LogP) is 5.09. The van der Waals surface area contributed by atoms with Gasteiger partial charge in [0, 0.05) is 5.41 Å². The molecule has 2 aromatic rings. The molecule has 4 nitrogen and oxygen atoms in total. The summed E-state index contributed by atoms with van der Waals surface area (Å²) in [4.78, 5) is 11.4. The first-order valence-corrected chi connectivity index (χ1v) is 8.97. The van der Waals surface area contributed by atoms with Crippen LogP contribution in [-0.4, -0.2) is 13.2 Å². The maximum absolute atomic E-state index is 11.4. The smallest absolute Gasteiger partial charge is 0.405 e. The van der Waals surface area contributed by atoms with Crippen molar-refractivity contribution in [1.82, 2.24) is 0 Å². The van der Waals surface area contributed by atoms with E-state index in [1.165, 1.54) is 11.1 Å². The molecule has 0 spiro atoms. The number of hydrogen-bond donors (Lipinski definition) is 1. The van der Waals surface area contributed by atoms with Crippen molar-refractivity contribution in [3.05, 3.63) is 52.6 Å². The molecule has 4 heteroatoms. The fourth-order valence-electron chi connectivity index (χ4n) is 4.04. The van der Waals surface area contributed by atoms with Gasteiger partial charge in [-0.15, -0.1) is 0 Å². The lowest BCUT2D eigenvalue weighted by Gasteiger charge is -2.39. The summed E-state index contributed by atoms with van der Waals surface area (Å²) >= 11 is 0. The largest absolute Gasteiger partial charge is 0.496 e. The van der Waals surface area contributed by atoms with Crippen LogP contribution >= 0.6 is 0 Å². The maximum atomic E-state index is 11.4. The van der Waals surface area contributed by atoms with Gasteiger partial charge in [-0.3, -0.25) is 0 Å². The van der Waals surface area contributed by atoms with Crippen molar-refractivity contribution >= 4 is 6.09 Å². The molecule has 0 aromatic heterocycles. The Morgan fingerprint density at radius 2 is 1.77 bits per heavy atom. The number of benzene rings is 2. The molecule has 2 N–H and O–H groups in total. The Morgan fingerprint density at radius 3 is 2.35 bits per heavy atom. The van der Waals surface area contributed by atoms with Crippen molar-refractivity contribution in [3.63, 3.8) is 0 Å². The summed E-state index contributed by atoms with van der Waals surface area (Å²) in [5, 5.41) is 0. The number of aryl methyl sites for hydroxylation is 3. The predicted molar refractivity (Wildman–Crippen MR) is 103 cm³/mol. The van der Waals surface area contributed by atoms with Gasteiger partial charge in [0.2, 0.25) is 0 Å². The topological polar surface area (TPSA) is 61.6 Å². The van der Waals surface area contributed by atoms with E-state index in [-0.39, 0.29) is 11.5 Å². The van der Waals surface area contributed by atoms with Crippen molar-refractivity contribution in [1.29, 1.82) is 0 Å². The molecule has 1 aliphatic carbocycles. The summed E-state index contributed by atoms with van der Waals surface area (Å²) in [7, 11) is 1.70. The highest BCUT2D eigenvalue weighted by atomic mass is 16.6. The monoisotopic (exact) mass is 353 g/mol. The van der Waals surface area contributed by atoms with E-state index in [1.807, 2.05) is 0 Å². The first-order valence-electron chi connectivity index (χ1n) is 8.97. The van der Waals surface area contributed by atoms with E-state index in [0.717, 1.165) is 40.8 Å². The molecular formula is C22H27NO3. The van der Waals surface area contributed by atoms with Gasteiger partial charge in [0.25, 0.3) is 0 Å². The summed E-state index contributed by atoms with van der Waals surface area (Å²) in [6.07, 6.45) is 0.879. The van der Waals surface area contributed by atoms with E-state index < -0.39 is 6.09 Å². The number of carbonyl (C=O) groups is 1. The fourth-order valence-corrected chi connectivity index (χ4v) is 4.04. The van der Waals surface area contributed by atoms with Crippen LogP contribution in [0.2, 0.25) is 0 Å². The second kappa shape index (κ2) is 6.67. The van der Waals surface area contributed by atoms with E-state index in [2.05, 4.69) is 58.0 Å². The fraction of sp³-hybridized carbons (Fsp3) is 0.409. The number of methoxy groups -OCH3 is 1. The third-order valence-corrected chi connectivity index (χ3v) is 5.41. The molecule has 1 amide bonds.